The molecule has 2 N–H and O–H groups in total. The van der Waals surface area contributed by atoms with Crippen molar-refractivity contribution in [2.75, 3.05) is 33.3 Å². The van der Waals surface area contributed by atoms with Crippen LogP contribution in [0.3, 0.4) is 0 Å². The van der Waals surface area contributed by atoms with Crippen molar-refractivity contribution in [2.45, 2.75) is 44.6 Å². The smallest absolute Gasteiger partial charge is 0.229 e. The van der Waals surface area contributed by atoms with E-state index in [1.165, 1.54) is 4.90 Å². The number of carbonyl (C=O) groups is 2. The van der Waals surface area contributed by atoms with E-state index in [-0.39, 0.29) is 41.4 Å². The zero-order valence-electron chi connectivity index (χ0n) is 13.9. The molecular formula is C15H27IN4O3. The van der Waals surface area contributed by atoms with Crippen molar-refractivity contribution in [1.29, 1.82) is 0 Å². The maximum atomic E-state index is 11.7. The van der Waals surface area contributed by atoms with Gasteiger partial charge in [0, 0.05) is 46.1 Å². The molecule has 2 heterocycles. The van der Waals surface area contributed by atoms with Crippen LogP contribution in [0.1, 0.15) is 39.0 Å². The molecule has 0 spiro atoms. The van der Waals surface area contributed by atoms with E-state index >= 15 is 0 Å². The number of likely N-dealkylation sites (tertiary alicyclic amines) is 1. The number of guanidine groups is 1. The molecule has 23 heavy (non-hydrogen) atoms. The fourth-order valence-electron chi connectivity index (χ4n) is 2.80. The van der Waals surface area contributed by atoms with Gasteiger partial charge in [-0.25, -0.2) is 0 Å². The molecule has 2 rings (SSSR count). The lowest BCUT2D eigenvalue weighted by atomic mass is 10.0. The minimum Gasteiger partial charge on any atom is -0.373 e. The van der Waals surface area contributed by atoms with Gasteiger partial charge in [-0.1, -0.05) is 0 Å². The summed E-state index contributed by atoms with van der Waals surface area (Å²) in [6, 6.07) is 0. The Bertz CT molecular complexity index is 434. The van der Waals surface area contributed by atoms with E-state index in [1.807, 2.05) is 0 Å². The zero-order chi connectivity index (χ0) is 16.0. The van der Waals surface area contributed by atoms with Crippen molar-refractivity contribution in [3.8, 4) is 0 Å². The number of aliphatic imine (C=N–C) groups is 1. The molecule has 0 aromatic heterocycles. The van der Waals surface area contributed by atoms with E-state index in [1.54, 1.807) is 7.05 Å². The number of nitrogens with one attached hydrogen (secondary N) is 2. The first-order chi connectivity index (χ1) is 10.5. The predicted molar refractivity (Wildman–Crippen MR) is 98.9 cm³/mol. The van der Waals surface area contributed by atoms with Gasteiger partial charge in [-0.3, -0.25) is 19.5 Å². The van der Waals surface area contributed by atoms with Crippen molar-refractivity contribution >= 4 is 41.8 Å². The first-order valence-corrected chi connectivity index (χ1v) is 7.96. The van der Waals surface area contributed by atoms with Crippen molar-refractivity contribution < 1.29 is 14.3 Å². The van der Waals surface area contributed by atoms with Crippen molar-refractivity contribution in [3.63, 3.8) is 0 Å². The van der Waals surface area contributed by atoms with Crippen molar-refractivity contribution in [3.05, 3.63) is 0 Å². The molecule has 2 aliphatic rings. The van der Waals surface area contributed by atoms with Gasteiger partial charge in [0.2, 0.25) is 11.8 Å². The summed E-state index contributed by atoms with van der Waals surface area (Å²) in [6.07, 6.45) is 3.73. The molecule has 0 bridgehead atoms. The van der Waals surface area contributed by atoms with E-state index in [0.717, 1.165) is 19.4 Å². The first kappa shape index (κ1) is 20.1. The van der Waals surface area contributed by atoms with Crippen molar-refractivity contribution in [1.82, 2.24) is 15.5 Å². The maximum absolute atomic E-state index is 11.7. The molecule has 1 atom stereocenters. The summed E-state index contributed by atoms with van der Waals surface area (Å²) in [4.78, 5) is 28.9. The maximum Gasteiger partial charge on any atom is 0.229 e. The molecule has 0 aliphatic carbocycles. The molecular weight excluding hydrogens is 411 g/mol. The number of rotatable bonds is 5. The lowest BCUT2D eigenvalue weighted by molar-refractivity contribution is -0.147. The number of ether oxygens (including phenoxy) is 1. The van der Waals surface area contributed by atoms with Crippen LogP contribution < -0.4 is 10.6 Å². The molecule has 132 valence electrons. The van der Waals surface area contributed by atoms with Gasteiger partial charge in [0.1, 0.15) is 0 Å². The predicted octanol–water partition coefficient (Wildman–Crippen LogP) is 0.878. The Morgan fingerprint density at radius 3 is 2.52 bits per heavy atom. The third-order valence-corrected chi connectivity index (χ3v) is 4.17. The fourth-order valence-corrected chi connectivity index (χ4v) is 2.80. The highest BCUT2D eigenvalue weighted by Gasteiger charge is 2.30. The molecule has 0 saturated carbocycles. The number of halogens is 1. The number of amides is 2. The van der Waals surface area contributed by atoms with Crippen LogP contribution >= 0.6 is 24.0 Å². The Hall–Kier alpha value is -0.900. The molecule has 8 heteroatoms. The second-order valence-electron chi connectivity index (χ2n) is 6.05. The lowest BCUT2D eigenvalue weighted by Gasteiger charge is -2.26. The van der Waals surface area contributed by atoms with Crippen LogP contribution in [0.2, 0.25) is 0 Å². The van der Waals surface area contributed by atoms with Gasteiger partial charge >= 0.3 is 0 Å². The molecule has 1 unspecified atom stereocenters. The summed E-state index contributed by atoms with van der Waals surface area (Å²) in [5, 5.41) is 6.37. The van der Waals surface area contributed by atoms with Gasteiger partial charge in [-0.2, -0.15) is 0 Å². The van der Waals surface area contributed by atoms with Crippen molar-refractivity contribution in [2.24, 2.45) is 4.99 Å². The normalized spacial score (nSPS) is 25.3. The zero-order valence-corrected chi connectivity index (χ0v) is 16.2. The first-order valence-electron chi connectivity index (χ1n) is 7.96. The highest BCUT2D eigenvalue weighted by atomic mass is 127. The minimum absolute atomic E-state index is 0. The lowest BCUT2D eigenvalue weighted by Crippen LogP contribution is -2.49. The molecule has 2 fully saturated rings. The van der Waals surface area contributed by atoms with Crippen LogP contribution in [0.25, 0.3) is 0 Å². The SMILES string of the molecule is CN=C(NCCN1C(=O)CCCC1=O)NCC1(C)CCCO1.I. The molecule has 2 saturated heterocycles. The molecule has 2 aliphatic heterocycles. The van der Waals surface area contributed by atoms with E-state index in [9.17, 15) is 9.59 Å². The second kappa shape index (κ2) is 9.41. The molecule has 0 aromatic carbocycles. The van der Waals surface area contributed by atoms with Gasteiger partial charge in [0.25, 0.3) is 0 Å². The van der Waals surface area contributed by atoms with Crippen LogP contribution in [-0.4, -0.2) is 61.6 Å². The van der Waals surface area contributed by atoms with E-state index < -0.39 is 0 Å². The number of imide groups is 1. The Morgan fingerprint density at radius 2 is 1.96 bits per heavy atom. The summed E-state index contributed by atoms with van der Waals surface area (Å²) < 4.78 is 5.72. The van der Waals surface area contributed by atoms with Crippen LogP contribution in [0.15, 0.2) is 4.99 Å². The fraction of sp³-hybridized carbons (Fsp3) is 0.800. The number of hydrogen-bond donors (Lipinski definition) is 2. The van der Waals surface area contributed by atoms with Crippen LogP contribution in [0.5, 0.6) is 0 Å². The summed E-state index contributed by atoms with van der Waals surface area (Å²) in [5.41, 5.74) is -0.142. The Balaban J connectivity index is 0.00000264. The molecule has 2 amide bonds. The Kier molecular flexibility index (Phi) is 8.24. The number of nitrogens with zero attached hydrogens (tertiary/aromatic N) is 2. The van der Waals surface area contributed by atoms with Crippen LogP contribution in [0.4, 0.5) is 0 Å². The molecule has 7 nitrogen and oxygen atoms in total. The quantitative estimate of drug-likeness (QED) is 0.288. The van der Waals surface area contributed by atoms with E-state index in [0.29, 0.717) is 44.9 Å². The minimum atomic E-state index is -0.142. The largest absolute Gasteiger partial charge is 0.373 e. The highest BCUT2D eigenvalue weighted by Crippen LogP contribution is 2.23. The highest BCUT2D eigenvalue weighted by molar-refractivity contribution is 14.0. The summed E-state index contributed by atoms with van der Waals surface area (Å²) >= 11 is 0. The topological polar surface area (TPSA) is 83.0 Å². The average Bonchev–Trinajstić information content (AvgIpc) is 2.92. The molecule has 0 radical (unpaired) electrons. The van der Waals surface area contributed by atoms with Gasteiger partial charge in [-0.15, -0.1) is 24.0 Å². The third-order valence-electron chi connectivity index (χ3n) is 4.17. The van der Waals surface area contributed by atoms with Crippen LogP contribution in [0, 0.1) is 0 Å². The monoisotopic (exact) mass is 438 g/mol. The summed E-state index contributed by atoms with van der Waals surface area (Å²) in [5.74, 6) is 0.509. The van der Waals surface area contributed by atoms with E-state index in [2.05, 4.69) is 22.5 Å². The average molecular weight is 438 g/mol. The van der Waals surface area contributed by atoms with Crippen LogP contribution in [-0.2, 0) is 14.3 Å². The molecule has 0 aromatic rings. The summed E-state index contributed by atoms with van der Waals surface area (Å²) in [6.45, 7) is 4.46. The van der Waals surface area contributed by atoms with E-state index in [4.69, 9.17) is 4.74 Å². The van der Waals surface area contributed by atoms with Gasteiger partial charge in [0.15, 0.2) is 5.96 Å². The Morgan fingerprint density at radius 1 is 1.26 bits per heavy atom. The number of carbonyl (C=O) groups excluding carboxylic acids is 2. The number of hydrogen-bond acceptors (Lipinski definition) is 4. The van der Waals surface area contributed by atoms with Gasteiger partial charge in [-0.05, 0) is 26.2 Å². The van der Waals surface area contributed by atoms with Gasteiger partial charge in [0.05, 0.1) is 5.60 Å². The third kappa shape index (κ3) is 5.91. The number of piperidine rings is 1. The Labute approximate surface area is 154 Å². The second-order valence-corrected chi connectivity index (χ2v) is 6.05. The standard InChI is InChI=1S/C15H26N4O3.HI/c1-15(7-4-10-22-15)11-18-14(16-2)17-8-9-19-12(20)5-3-6-13(19)21;/h3-11H2,1-2H3,(H2,16,17,18);1H. The summed E-state index contributed by atoms with van der Waals surface area (Å²) in [7, 11) is 1.70. The van der Waals surface area contributed by atoms with Gasteiger partial charge < -0.3 is 15.4 Å².